The second-order valence-corrected chi connectivity index (χ2v) is 4.56. The second-order valence-electron chi connectivity index (χ2n) is 2.92. The van der Waals surface area contributed by atoms with Crippen molar-refractivity contribution in [1.29, 1.82) is 0 Å². The van der Waals surface area contributed by atoms with Crippen LogP contribution in [0.3, 0.4) is 0 Å². The van der Waals surface area contributed by atoms with Gasteiger partial charge < -0.3 is 9.47 Å². The van der Waals surface area contributed by atoms with E-state index in [1.54, 1.807) is 25.6 Å². The number of methoxy groups -OCH3 is 2. The van der Waals surface area contributed by atoms with Crippen LogP contribution >= 0.6 is 27.3 Å². The summed E-state index contributed by atoms with van der Waals surface area (Å²) in [5.74, 6) is 1.58. The van der Waals surface area contributed by atoms with E-state index in [1.165, 1.54) is 0 Å². The molecule has 0 atom stereocenters. The van der Waals surface area contributed by atoms with Gasteiger partial charge >= 0.3 is 0 Å². The molecule has 0 saturated heterocycles. The summed E-state index contributed by atoms with van der Waals surface area (Å²) < 4.78 is 11.5. The van der Waals surface area contributed by atoms with Gasteiger partial charge in [0.1, 0.15) is 16.5 Å². The van der Waals surface area contributed by atoms with Crippen LogP contribution in [0.15, 0.2) is 12.1 Å². The average Bonchev–Trinajstić information content (AvgIpc) is 2.70. The lowest BCUT2D eigenvalue weighted by molar-refractivity contribution is 0.398. The van der Waals surface area contributed by atoms with Gasteiger partial charge in [-0.3, -0.25) is 0 Å². The van der Waals surface area contributed by atoms with Crippen LogP contribution in [0.2, 0.25) is 0 Å². The second kappa shape index (κ2) is 4.37. The smallest absolute Gasteiger partial charge is 0.142 e. The molecule has 0 amide bonds. The summed E-state index contributed by atoms with van der Waals surface area (Å²) in [6.07, 6.45) is 0. The van der Waals surface area contributed by atoms with Gasteiger partial charge in [0.15, 0.2) is 0 Å². The predicted octanol–water partition coefficient (Wildman–Crippen LogP) is 3.21. The Morgan fingerprint density at radius 2 is 2.13 bits per heavy atom. The first kappa shape index (κ1) is 10.7. The number of ether oxygens (including phenoxy) is 2. The van der Waals surface area contributed by atoms with Gasteiger partial charge in [0.2, 0.25) is 0 Å². The van der Waals surface area contributed by atoms with E-state index in [2.05, 4.69) is 20.9 Å². The molecule has 80 valence electrons. The standard InChI is InChI=1S/C10H10BrNO2S/c1-13-6-3-7-10(8(4-6)14-2)15-9(5-11)12-7/h3-4H,5H2,1-2H3. The van der Waals surface area contributed by atoms with Gasteiger partial charge in [-0.15, -0.1) is 11.3 Å². The Hall–Kier alpha value is -0.810. The van der Waals surface area contributed by atoms with Crippen molar-refractivity contribution in [2.45, 2.75) is 5.33 Å². The molecule has 0 saturated carbocycles. The zero-order valence-electron chi connectivity index (χ0n) is 8.41. The number of alkyl halides is 1. The lowest BCUT2D eigenvalue weighted by Gasteiger charge is -2.03. The molecule has 15 heavy (non-hydrogen) atoms. The fourth-order valence-electron chi connectivity index (χ4n) is 1.35. The Balaban J connectivity index is 2.66. The van der Waals surface area contributed by atoms with Gasteiger partial charge in [0.25, 0.3) is 0 Å². The predicted molar refractivity (Wildman–Crippen MR) is 65.4 cm³/mol. The van der Waals surface area contributed by atoms with E-state index in [0.29, 0.717) is 0 Å². The number of rotatable bonds is 3. The summed E-state index contributed by atoms with van der Waals surface area (Å²) in [5.41, 5.74) is 0.922. The molecule has 0 spiro atoms. The molecule has 0 N–H and O–H groups in total. The van der Waals surface area contributed by atoms with Crippen molar-refractivity contribution in [3.05, 3.63) is 17.1 Å². The molecule has 0 aliphatic carbocycles. The molecule has 1 aromatic carbocycles. The third-order valence-electron chi connectivity index (χ3n) is 2.04. The Morgan fingerprint density at radius 3 is 2.73 bits per heavy atom. The number of fused-ring (bicyclic) bond motifs is 1. The summed E-state index contributed by atoms with van der Waals surface area (Å²) in [7, 11) is 3.29. The third kappa shape index (κ3) is 1.94. The fourth-order valence-corrected chi connectivity index (χ4v) is 2.71. The first-order valence-corrected chi connectivity index (χ1v) is 6.29. The number of aromatic nitrogens is 1. The molecule has 3 nitrogen and oxygen atoms in total. The molecule has 2 rings (SSSR count). The first-order valence-electron chi connectivity index (χ1n) is 4.36. The number of halogens is 1. The number of thiazole rings is 1. The summed E-state index contributed by atoms with van der Waals surface area (Å²) >= 11 is 5.02. The third-order valence-corrected chi connectivity index (χ3v) is 4.03. The Bertz CT molecular complexity index is 483. The number of hydrogen-bond donors (Lipinski definition) is 0. The van der Waals surface area contributed by atoms with E-state index in [1.807, 2.05) is 12.1 Å². The molecule has 1 heterocycles. The van der Waals surface area contributed by atoms with Gasteiger partial charge in [-0.25, -0.2) is 4.98 Å². The minimum atomic E-state index is 0.762. The highest BCUT2D eigenvalue weighted by atomic mass is 79.9. The van der Waals surface area contributed by atoms with Crippen LogP contribution in [0.5, 0.6) is 11.5 Å². The van der Waals surface area contributed by atoms with Crippen LogP contribution in [-0.4, -0.2) is 19.2 Å². The Labute approximate surface area is 100 Å². The van der Waals surface area contributed by atoms with Gasteiger partial charge in [-0.1, -0.05) is 15.9 Å². The first-order chi connectivity index (χ1) is 7.28. The van der Waals surface area contributed by atoms with Gasteiger partial charge in [0.05, 0.1) is 29.8 Å². The Kier molecular flexibility index (Phi) is 3.11. The van der Waals surface area contributed by atoms with Crippen LogP contribution in [-0.2, 0) is 5.33 Å². The van der Waals surface area contributed by atoms with Crippen molar-refractivity contribution in [1.82, 2.24) is 4.98 Å². The molecule has 1 aromatic heterocycles. The van der Waals surface area contributed by atoms with Crippen molar-refractivity contribution in [3.8, 4) is 11.5 Å². The highest BCUT2D eigenvalue weighted by Gasteiger charge is 2.10. The zero-order chi connectivity index (χ0) is 10.8. The maximum atomic E-state index is 5.30. The summed E-state index contributed by atoms with van der Waals surface area (Å²) in [4.78, 5) is 4.46. The topological polar surface area (TPSA) is 31.4 Å². The monoisotopic (exact) mass is 287 g/mol. The molecule has 0 radical (unpaired) electrons. The summed E-state index contributed by atoms with van der Waals surface area (Å²) in [6.45, 7) is 0. The van der Waals surface area contributed by atoms with Crippen LogP contribution in [0.4, 0.5) is 0 Å². The largest absolute Gasteiger partial charge is 0.497 e. The van der Waals surface area contributed by atoms with Crippen LogP contribution in [0.25, 0.3) is 10.2 Å². The highest BCUT2D eigenvalue weighted by molar-refractivity contribution is 9.08. The molecule has 0 unspecified atom stereocenters. The average molecular weight is 288 g/mol. The molecule has 0 bridgehead atoms. The molecule has 5 heteroatoms. The van der Waals surface area contributed by atoms with Crippen molar-refractivity contribution in [2.75, 3.05) is 14.2 Å². The van der Waals surface area contributed by atoms with Crippen molar-refractivity contribution in [3.63, 3.8) is 0 Å². The highest BCUT2D eigenvalue weighted by Crippen LogP contribution is 2.35. The van der Waals surface area contributed by atoms with E-state index >= 15 is 0 Å². The lowest BCUT2D eigenvalue weighted by atomic mass is 10.3. The molecule has 0 aliphatic heterocycles. The molecule has 0 fully saturated rings. The van der Waals surface area contributed by atoms with E-state index in [0.717, 1.165) is 32.1 Å². The maximum absolute atomic E-state index is 5.30. The van der Waals surface area contributed by atoms with Gasteiger partial charge in [0, 0.05) is 12.1 Å². The maximum Gasteiger partial charge on any atom is 0.142 e. The van der Waals surface area contributed by atoms with Crippen LogP contribution in [0, 0.1) is 0 Å². The minimum Gasteiger partial charge on any atom is -0.497 e. The van der Waals surface area contributed by atoms with Crippen molar-refractivity contribution >= 4 is 37.5 Å². The molecule has 0 aliphatic rings. The number of nitrogens with zero attached hydrogens (tertiary/aromatic N) is 1. The van der Waals surface area contributed by atoms with E-state index in [9.17, 15) is 0 Å². The van der Waals surface area contributed by atoms with Crippen molar-refractivity contribution in [2.24, 2.45) is 0 Å². The summed E-state index contributed by atoms with van der Waals surface area (Å²) in [6, 6.07) is 3.79. The number of hydrogen-bond acceptors (Lipinski definition) is 4. The lowest BCUT2D eigenvalue weighted by Crippen LogP contribution is -1.87. The fraction of sp³-hybridized carbons (Fsp3) is 0.300. The summed E-state index contributed by atoms with van der Waals surface area (Å²) in [5, 5.41) is 1.80. The van der Waals surface area contributed by atoms with E-state index < -0.39 is 0 Å². The molecule has 2 aromatic rings. The van der Waals surface area contributed by atoms with Gasteiger partial charge in [-0.2, -0.15) is 0 Å². The van der Waals surface area contributed by atoms with Crippen molar-refractivity contribution < 1.29 is 9.47 Å². The molecular formula is C10H10BrNO2S. The normalized spacial score (nSPS) is 10.6. The van der Waals surface area contributed by atoms with Crippen LogP contribution < -0.4 is 9.47 Å². The quantitative estimate of drug-likeness (QED) is 0.813. The molecular weight excluding hydrogens is 278 g/mol. The van der Waals surface area contributed by atoms with Crippen LogP contribution in [0.1, 0.15) is 5.01 Å². The zero-order valence-corrected chi connectivity index (χ0v) is 10.8. The van der Waals surface area contributed by atoms with Gasteiger partial charge in [-0.05, 0) is 0 Å². The Morgan fingerprint density at radius 1 is 1.33 bits per heavy atom. The van der Waals surface area contributed by atoms with E-state index in [-0.39, 0.29) is 0 Å². The number of benzene rings is 1. The van der Waals surface area contributed by atoms with E-state index in [4.69, 9.17) is 9.47 Å². The minimum absolute atomic E-state index is 0.762. The SMILES string of the molecule is COc1cc(OC)c2sc(CBr)nc2c1.